The summed E-state index contributed by atoms with van der Waals surface area (Å²) in [6.45, 7) is 8.27. The first-order valence-electron chi connectivity index (χ1n) is 6.44. The number of nitrogens with one attached hydrogen (secondary N) is 1. The molecule has 0 aromatic rings. The number of amides is 2. The number of nitrogens with zero attached hydrogens (tertiary/aromatic N) is 1. The largest absolute Gasteiger partial charge is 0.340 e. The Labute approximate surface area is 103 Å². The van der Waals surface area contributed by atoms with Crippen molar-refractivity contribution in [2.75, 3.05) is 6.54 Å². The van der Waals surface area contributed by atoms with E-state index in [1.54, 1.807) is 18.7 Å². The molecule has 2 rings (SSSR count). The van der Waals surface area contributed by atoms with Crippen LogP contribution in [-0.4, -0.2) is 34.8 Å². The van der Waals surface area contributed by atoms with Gasteiger partial charge in [-0.15, -0.1) is 0 Å². The van der Waals surface area contributed by atoms with E-state index < -0.39 is 5.54 Å². The molecule has 1 unspecified atom stereocenters. The molecule has 1 atom stereocenters. The molecule has 96 valence electrons. The summed E-state index contributed by atoms with van der Waals surface area (Å²) in [7, 11) is 0. The third kappa shape index (κ3) is 2.05. The van der Waals surface area contributed by atoms with E-state index in [2.05, 4.69) is 12.2 Å². The standard InChI is InChI=1S/C13H22N2O2/c1-5-13(6-7-13)8-15-9(2)10(16)14-12(3,4)11(15)17/h9H,5-8H2,1-4H3,(H,14,16). The molecular formula is C13H22N2O2. The highest BCUT2D eigenvalue weighted by Crippen LogP contribution is 2.49. The zero-order valence-electron chi connectivity index (χ0n) is 11.2. The Morgan fingerprint density at radius 3 is 2.41 bits per heavy atom. The molecule has 2 amide bonds. The zero-order valence-corrected chi connectivity index (χ0v) is 11.2. The van der Waals surface area contributed by atoms with E-state index in [0.29, 0.717) is 0 Å². The summed E-state index contributed by atoms with van der Waals surface area (Å²) in [5.74, 6) is 0.00540. The fourth-order valence-corrected chi connectivity index (χ4v) is 2.51. The van der Waals surface area contributed by atoms with E-state index in [0.717, 1.165) is 13.0 Å². The third-order valence-corrected chi connectivity index (χ3v) is 4.29. The van der Waals surface area contributed by atoms with Gasteiger partial charge in [-0.2, -0.15) is 0 Å². The zero-order chi connectivity index (χ0) is 12.8. The lowest BCUT2D eigenvalue weighted by atomic mass is 9.94. The molecule has 17 heavy (non-hydrogen) atoms. The van der Waals surface area contributed by atoms with Crippen LogP contribution in [0.4, 0.5) is 0 Å². The van der Waals surface area contributed by atoms with E-state index >= 15 is 0 Å². The molecule has 2 aliphatic rings. The molecule has 1 saturated heterocycles. The molecule has 1 aliphatic carbocycles. The maximum Gasteiger partial charge on any atom is 0.248 e. The molecule has 0 bridgehead atoms. The van der Waals surface area contributed by atoms with Gasteiger partial charge in [0.15, 0.2) is 0 Å². The second-order valence-electron chi connectivity index (χ2n) is 6.08. The summed E-state index contributed by atoms with van der Waals surface area (Å²) in [4.78, 5) is 26.0. The van der Waals surface area contributed by atoms with Gasteiger partial charge in [-0.25, -0.2) is 0 Å². The van der Waals surface area contributed by atoms with Crippen molar-refractivity contribution in [1.82, 2.24) is 10.2 Å². The fraction of sp³-hybridized carbons (Fsp3) is 0.846. The molecule has 1 saturated carbocycles. The molecule has 1 N–H and O–H groups in total. The van der Waals surface area contributed by atoms with Crippen molar-refractivity contribution >= 4 is 11.8 Å². The minimum absolute atomic E-state index is 0.0403. The number of hydrogen-bond acceptors (Lipinski definition) is 2. The molecule has 0 radical (unpaired) electrons. The Morgan fingerprint density at radius 2 is 1.94 bits per heavy atom. The first kappa shape index (κ1) is 12.4. The van der Waals surface area contributed by atoms with Crippen LogP contribution in [0.5, 0.6) is 0 Å². The Kier molecular flexibility index (Phi) is 2.71. The number of carbonyl (C=O) groups excluding carboxylic acids is 2. The molecule has 4 nitrogen and oxygen atoms in total. The highest BCUT2D eigenvalue weighted by Gasteiger charge is 2.49. The van der Waals surface area contributed by atoms with Gasteiger partial charge in [0, 0.05) is 6.54 Å². The average molecular weight is 238 g/mol. The fourth-order valence-electron chi connectivity index (χ4n) is 2.51. The van der Waals surface area contributed by atoms with Gasteiger partial charge in [0.05, 0.1) is 0 Å². The predicted octanol–water partition coefficient (Wildman–Crippen LogP) is 1.30. The molecule has 0 aromatic carbocycles. The van der Waals surface area contributed by atoms with Gasteiger partial charge in [-0.05, 0) is 45.4 Å². The van der Waals surface area contributed by atoms with Crippen LogP contribution in [0.3, 0.4) is 0 Å². The van der Waals surface area contributed by atoms with Crippen LogP contribution in [0.2, 0.25) is 0 Å². The number of hydrogen-bond donors (Lipinski definition) is 1. The van der Waals surface area contributed by atoms with E-state index in [1.165, 1.54) is 12.8 Å². The number of rotatable bonds is 3. The highest BCUT2D eigenvalue weighted by atomic mass is 16.2. The van der Waals surface area contributed by atoms with Crippen LogP contribution >= 0.6 is 0 Å². The highest BCUT2D eigenvalue weighted by molar-refractivity contribution is 5.99. The van der Waals surface area contributed by atoms with Gasteiger partial charge in [-0.3, -0.25) is 9.59 Å². The Morgan fingerprint density at radius 1 is 1.35 bits per heavy atom. The maximum absolute atomic E-state index is 12.3. The van der Waals surface area contributed by atoms with Crippen molar-refractivity contribution in [3.63, 3.8) is 0 Å². The summed E-state index contributed by atoms with van der Waals surface area (Å²) >= 11 is 0. The first-order chi connectivity index (χ1) is 7.81. The van der Waals surface area contributed by atoms with Crippen LogP contribution < -0.4 is 5.32 Å². The van der Waals surface area contributed by atoms with Crippen LogP contribution in [0, 0.1) is 5.41 Å². The van der Waals surface area contributed by atoms with Gasteiger partial charge in [0.25, 0.3) is 0 Å². The van der Waals surface area contributed by atoms with Crippen molar-refractivity contribution in [2.45, 2.75) is 58.5 Å². The quantitative estimate of drug-likeness (QED) is 0.805. The van der Waals surface area contributed by atoms with Gasteiger partial charge < -0.3 is 10.2 Å². The molecule has 2 fully saturated rings. The number of carbonyl (C=O) groups is 2. The maximum atomic E-state index is 12.3. The van der Waals surface area contributed by atoms with Gasteiger partial charge in [0.2, 0.25) is 11.8 Å². The van der Waals surface area contributed by atoms with Gasteiger partial charge in [-0.1, -0.05) is 6.92 Å². The Bertz CT molecular complexity index is 358. The SMILES string of the molecule is CCC1(CN2C(=O)C(C)(C)NC(=O)C2C)CC1. The van der Waals surface area contributed by atoms with Crippen molar-refractivity contribution in [2.24, 2.45) is 5.41 Å². The Balaban J connectivity index is 2.18. The van der Waals surface area contributed by atoms with Crippen molar-refractivity contribution in [1.29, 1.82) is 0 Å². The van der Waals surface area contributed by atoms with E-state index in [9.17, 15) is 9.59 Å². The monoisotopic (exact) mass is 238 g/mol. The smallest absolute Gasteiger partial charge is 0.248 e. The second-order valence-corrected chi connectivity index (χ2v) is 6.08. The number of piperazine rings is 1. The van der Waals surface area contributed by atoms with Crippen molar-refractivity contribution in [3.8, 4) is 0 Å². The minimum atomic E-state index is -0.757. The molecule has 1 heterocycles. The first-order valence-corrected chi connectivity index (χ1v) is 6.44. The van der Waals surface area contributed by atoms with Crippen LogP contribution in [-0.2, 0) is 9.59 Å². The van der Waals surface area contributed by atoms with Gasteiger partial charge in [0.1, 0.15) is 11.6 Å². The van der Waals surface area contributed by atoms with Crippen molar-refractivity contribution < 1.29 is 9.59 Å². The molecule has 0 spiro atoms. The van der Waals surface area contributed by atoms with Crippen molar-refractivity contribution in [3.05, 3.63) is 0 Å². The third-order valence-electron chi connectivity index (χ3n) is 4.29. The summed E-state index contributed by atoms with van der Waals surface area (Å²) in [6.07, 6.45) is 3.45. The van der Waals surface area contributed by atoms with E-state index in [-0.39, 0.29) is 23.3 Å². The lowest BCUT2D eigenvalue weighted by molar-refractivity contribution is -0.153. The topological polar surface area (TPSA) is 49.4 Å². The predicted molar refractivity (Wildman–Crippen MR) is 65.4 cm³/mol. The van der Waals surface area contributed by atoms with Crippen LogP contribution in [0.15, 0.2) is 0 Å². The summed E-state index contributed by atoms with van der Waals surface area (Å²) < 4.78 is 0. The summed E-state index contributed by atoms with van der Waals surface area (Å²) in [6, 6.07) is -0.334. The lowest BCUT2D eigenvalue weighted by Crippen LogP contribution is -2.68. The minimum Gasteiger partial charge on any atom is -0.340 e. The van der Waals surface area contributed by atoms with E-state index in [1.807, 2.05) is 6.92 Å². The molecule has 0 aromatic heterocycles. The lowest BCUT2D eigenvalue weighted by Gasteiger charge is -2.43. The average Bonchev–Trinajstić information content (AvgIpc) is 3.02. The molecule has 4 heteroatoms. The summed E-state index contributed by atoms with van der Waals surface area (Å²) in [5, 5.41) is 2.78. The Hall–Kier alpha value is -1.06. The van der Waals surface area contributed by atoms with E-state index in [4.69, 9.17) is 0 Å². The van der Waals surface area contributed by atoms with Gasteiger partial charge >= 0.3 is 0 Å². The normalized spacial score (nSPS) is 30.1. The summed E-state index contributed by atoms with van der Waals surface area (Å²) in [5.41, 5.74) is -0.467. The second kappa shape index (κ2) is 3.72. The van der Waals surface area contributed by atoms with Crippen LogP contribution in [0.1, 0.15) is 47.0 Å². The van der Waals surface area contributed by atoms with Crippen LogP contribution in [0.25, 0.3) is 0 Å². The molecule has 1 aliphatic heterocycles. The molecular weight excluding hydrogens is 216 g/mol.